The molecular weight excluding hydrogens is 420 g/mol. The monoisotopic (exact) mass is 440 g/mol. The van der Waals surface area contributed by atoms with Gasteiger partial charge in [-0.1, -0.05) is 17.2 Å². The van der Waals surface area contributed by atoms with Gasteiger partial charge in [-0.25, -0.2) is 4.79 Å². The Morgan fingerprint density at radius 3 is 2.41 bits per heavy atom. The van der Waals surface area contributed by atoms with Gasteiger partial charge in [-0.05, 0) is 24.6 Å². The molecule has 1 fully saturated rings. The first-order chi connectivity index (χ1) is 15.4. The highest BCUT2D eigenvalue weighted by atomic mass is 16.5. The number of azide groups is 1. The van der Waals surface area contributed by atoms with Crippen LogP contribution < -0.4 is 11.2 Å². The smallest absolute Gasteiger partial charge is 0.333 e. The van der Waals surface area contributed by atoms with Gasteiger partial charge < -0.3 is 9.84 Å². The Labute approximate surface area is 180 Å². The molecule has 1 aromatic carbocycles. The zero-order chi connectivity index (χ0) is 23.0. The van der Waals surface area contributed by atoms with Gasteiger partial charge in [0.15, 0.2) is 0 Å². The van der Waals surface area contributed by atoms with Gasteiger partial charge in [0.05, 0.1) is 29.9 Å². The average molecular weight is 440 g/mol. The molecule has 1 N–H and O–H groups in total. The van der Waals surface area contributed by atoms with Crippen LogP contribution in [0.5, 0.6) is 0 Å². The molecule has 3 atom stereocenters. The summed E-state index contributed by atoms with van der Waals surface area (Å²) in [7, 11) is 0. The minimum absolute atomic E-state index is 0.144. The standard InChI is InChI=1S/C20H20N6O6/c1-11-9-26(16-8-14(22-23-21)15(10-27)32-16)20(31)25(17(11)28)7-6-24-18(29)12-4-2-3-5-13(12)19(24)30/h2-5,9,14-16,27H,6-8,10H2,1H3. The Balaban J connectivity index is 1.61. The maximum atomic E-state index is 13.1. The van der Waals surface area contributed by atoms with E-state index in [9.17, 15) is 24.3 Å². The first kappa shape index (κ1) is 21.5. The van der Waals surface area contributed by atoms with Crippen LogP contribution in [-0.4, -0.2) is 56.3 Å². The summed E-state index contributed by atoms with van der Waals surface area (Å²) >= 11 is 0. The molecule has 0 radical (unpaired) electrons. The van der Waals surface area contributed by atoms with Gasteiger partial charge in [-0.15, -0.1) is 0 Å². The number of carbonyl (C=O) groups is 2. The number of fused-ring (bicyclic) bond motifs is 1. The van der Waals surface area contributed by atoms with Crippen LogP contribution in [0, 0.1) is 6.92 Å². The van der Waals surface area contributed by atoms with Crippen molar-refractivity contribution in [1.82, 2.24) is 14.0 Å². The summed E-state index contributed by atoms with van der Waals surface area (Å²) in [5.41, 5.74) is 8.28. The Bertz CT molecular complexity index is 1220. The second kappa shape index (κ2) is 8.42. The molecule has 3 heterocycles. The van der Waals surface area contributed by atoms with Gasteiger partial charge in [0, 0.05) is 36.2 Å². The van der Waals surface area contributed by atoms with Crippen molar-refractivity contribution < 1.29 is 19.4 Å². The summed E-state index contributed by atoms with van der Waals surface area (Å²) in [6, 6.07) is 5.75. The molecule has 1 aromatic heterocycles. The van der Waals surface area contributed by atoms with Gasteiger partial charge in [-0.2, -0.15) is 0 Å². The number of amides is 2. The van der Waals surface area contributed by atoms with Crippen molar-refractivity contribution in [1.29, 1.82) is 0 Å². The van der Waals surface area contributed by atoms with Gasteiger partial charge in [0.1, 0.15) is 6.23 Å². The van der Waals surface area contributed by atoms with Crippen LogP contribution in [-0.2, 0) is 11.3 Å². The van der Waals surface area contributed by atoms with E-state index in [-0.39, 0.29) is 36.2 Å². The number of carbonyl (C=O) groups excluding carboxylic acids is 2. The Hall–Kier alpha value is -3.73. The highest BCUT2D eigenvalue weighted by Crippen LogP contribution is 2.30. The zero-order valence-electron chi connectivity index (χ0n) is 17.1. The molecular formula is C20H20N6O6. The summed E-state index contributed by atoms with van der Waals surface area (Å²) in [5, 5.41) is 13.1. The number of ether oxygens (including phenoxy) is 1. The summed E-state index contributed by atoms with van der Waals surface area (Å²) in [6.07, 6.45) is -0.131. The predicted octanol–water partition coefficient (Wildman–Crippen LogP) is 0.573. The van der Waals surface area contributed by atoms with Crippen molar-refractivity contribution in [3.05, 3.63) is 78.4 Å². The molecule has 12 heteroatoms. The van der Waals surface area contributed by atoms with Crippen molar-refractivity contribution in [2.24, 2.45) is 5.11 Å². The third-order valence-electron chi connectivity index (χ3n) is 5.69. The lowest BCUT2D eigenvalue weighted by atomic mass is 10.1. The summed E-state index contributed by atoms with van der Waals surface area (Å²) in [6.45, 7) is 0.783. The van der Waals surface area contributed by atoms with Crippen LogP contribution in [0.15, 0.2) is 45.2 Å². The molecule has 0 spiro atoms. The van der Waals surface area contributed by atoms with E-state index in [2.05, 4.69) is 10.0 Å². The molecule has 4 rings (SSSR count). The maximum absolute atomic E-state index is 13.1. The third-order valence-corrected chi connectivity index (χ3v) is 5.69. The number of aromatic nitrogens is 2. The van der Waals surface area contributed by atoms with Crippen LogP contribution in [0.25, 0.3) is 10.4 Å². The fraction of sp³-hybridized carbons (Fsp3) is 0.400. The molecule has 2 amide bonds. The van der Waals surface area contributed by atoms with Gasteiger partial charge in [0.2, 0.25) is 0 Å². The van der Waals surface area contributed by atoms with Gasteiger partial charge >= 0.3 is 5.69 Å². The first-order valence-electron chi connectivity index (χ1n) is 9.95. The molecule has 2 aliphatic rings. The molecule has 166 valence electrons. The molecule has 2 aliphatic heterocycles. The molecule has 0 bridgehead atoms. The number of imide groups is 1. The third kappa shape index (κ3) is 3.50. The topological polar surface area (TPSA) is 160 Å². The van der Waals surface area contributed by atoms with Crippen LogP contribution in [0.4, 0.5) is 0 Å². The maximum Gasteiger partial charge on any atom is 0.333 e. The minimum atomic E-state index is -0.847. The molecule has 3 unspecified atom stereocenters. The van der Waals surface area contributed by atoms with Crippen molar-refractivity contribution in [3.63, 3.8) is 0 Å². The second-order valence-corrected chi connectivity index (χ2v) is 7.59. The number of hydrogen-bond acceptors (Lipinski definition) is 7. The summed E-state index contributed by atoms with van der Waals surface area (Å²) in [5.74, 6) is -0.956. The SMILES string of the molecule is Cc1cn(C2CC(N=[N+]=[N-])C(CO)O2)c(=O)n(CCN2C(=O)c3ccccc3C2=O)c1=O. The average Bonchev–Trinajstić information content (AvgIpc) is 3.30. The van der Waals surface area contributed by atoms with Crippen molar-refractivity contribution in [2.75, 3.05) is 13.2 Å². The van der Waals surface area contributed by atoms with Gasteiger partial charge in [0.25, 0.3) is 17.4 Å². The van der Waals surface area contributed by atoms with E-state index in [4.69, 9.17) is 10.3 Å². The van der Waals surface area contributed by atoms with E-state index in [1.54, 1.807) is 24.3 Å². The van der Waals surface area contributed by atoms with Crippen molar-refractivity contribution >= 4 is 11.8 Å². The van der Waals surface area contributed by atoms with E-state index in [1.165, 1.54) is 17.7 Å². The van der Waals surface area contributed by atoms with Crippen LogP contribution >= 0.6 is 0 Å². The molecule has 0 aliphatic carbocycles. The number of aryl methyl sites for hydroxylation is 1. The number of rotatable bonds is 6. The van der Waals surface area contributed by atoms with Crippen LogP contribution in [0.1, 0.15) is 38.9 Å². The fourth-order valence-corrected chi connectivity index (χ4v) is 4.04. The van der Waals surface area contributed by atoms with E-state index < -0.39 is 48.0 Å². The second-order valence-electron chi connectivity index (χ2n) is 7.59. The molecule has 2 aromatic rings. The molecule has 0 saturated carbocycles. The van der Waals surface area contributed by atoms with E-state index in [1.807, 2.05) is 0 Å². The highest BCUT2D eigenvalue weighted by Gasteiger charge is 2.37. The van der Waals surface area contributed by atoms with E-state index in [0.29, 0.717) is 0 Å². The predicted molar refractivity (Wildman–Crippen MR) is 110 cm³/mol. The number of benzene rings is 1. The number of aliphatic hydroxyl groups excluding tert-OH is 1. The Morgan fingerprint density at radius 2 is 1.81 bits per heavy atom. The normalized spacial score (nSPS) is 22.2. The fourth-order valence-electron chi connectivity index (χ4n) is 4.04. The van der Waals surface area contributed by atoms with Crippen LogP contribution in [0.2, 0.25) is 0 Å². The van der Waals surface area contributed by atoms with E-state index >= 15 is 0 Å². The van der Waals surface area contributed by atoms with Crippen molar-refractivity contribution in [2.45, 2.75) is 38.3 Å². The number of aliphatic hydroxyl groups is 1. The van der Waals surface area contributed by atoms with Gasteiger partial charge in [-0.3, -0.25) is 28.4 Å². The lowest BCUT2D eigenvalue weighted by Gasteiger charge is -2.19. The molecule has 1 saturated heterocycles. The molecule has 12 nitrogen and oxygen atoms in total. The van der Waals surface area contributed by atoms with E-state index in [0.717, 1.165) is 9.47 Å². The number of nitrogens with zero attached hydrogens (tertiary/aromatic N) is 6. The lowest BCUT2D eigenvalue weighted by Crippen LogP contribution is -2.45. The molecule has 32 heavy (non-hydrogen) atoms. The zero-order valence-corrected chi connectivity index (χ0v) is 17.1. The largest absolute Gasteiger partial charge is 0.394 e. The number of hydrogen-bond donors (Lipinski definition) is 1. The minimum Gasteiger partial charge on any atom is -0.394 e. The summed E-state index contributed by atoms with van der Waals surface area (Å²) < 4.78 is 7.81. The first-order valence-corrected chi connectivity index (χ1v) is 9.95. The highest BCUT2D eigenvalue weighted by molar-refractivity contribution is 6.21. The Morgan fingerprint density at radius 1 is 1.16 bits per heavy atom. The lowest BCUT2D eigenvalue weighted by molar-refractivity contribution is -0.0278. The quantitative estimate of drug-likeness (QED) is 0.299. The van der Waals surface area contributed by atoms with Crippen LogP contribution in [0.3, 0.4) is 0 Å². The van der Waals surface area contributed by atoms with Crippen molar-refractivity contribution in [3.8, 4) is 0 Å². The Kier molecular flexibility index (Phi) is 5.66. The summed E-state index contributed by atoms with van der Waals surface area (Å²) in [4.78, 5) is 54.6.